The summed E-state index contributed by atoms with van der Waals surface area (Å²) < 4.78 is 5.38. The Morgan fingerprint density at radius 1 is 1.06 bits per heavy atom. The molecule has 31 heavy (non-hydrogen) atoms. The minimum atomic E-state index is -0.703. The molecule has 0 spiro atoms. The van der Waals surface area contributed by atoms with Crippen LogP contribution >= 0.6 is 0 Å². The Kier molecular flexibility index (Phi) is 6.04. The number of anilines is 2. The molecule has 0 saturated carbocycles. The maximum absolute atomic E-state index is 12.6. The molecule has 2 aromatic carbocycles. The largest absolute Gasteiger partial charge is 0.378 e. The van der Waals surface area contributed by atoms with Crippen molar-refractivity contribution in [3.8, 4) is 0 Å². The summed E-state index contributed by atoms with van der Waals surface area (Å²) in [6, 6.07) is 14.9. The number of hydrogen-bond acceptors (Lipinski definition) is 5. The number of carbonyl (C=O) groups is 3. The predicted molar refractivity (Wildman–Crippen MR) is 118 cm³/mol. The zero-order chi connectivity index (χ0) is 21.8. The van der Waals surface area contributed by atoms with Crippen molar-refractivity contribution in [2.75, 3.05) is 36.5 Å². The number of amides is 3. The number of nitrogens with zero attached hydrogens (tertiary/aromatic N) is 1. The van der Waals surface area contributed by atoms with Crippen LogP contribution < -0.4 is 15.5 Å². The van der Waals surface area contributed by atoms with Gasteiger partial charge in [0.2, 0.25) is 11.8 Å². The Hall–Kier alpha value is -3.19. The van der Waals surface area contributed by atoms with E-state index in [1.807, 2.05) is 43.3 Å². The molecule has 2 aromatic rings. The van der Waals surface area contributed by atoms with Gasteiger partial charge in [-0.05, 0) is 54.8 Å². The van der Waals surface area contributed by atoms with E-state index in [1.54, 1.807) is 12.1 Å². The van der Waals surface area contributed by atoms with E-state index in [2.05, 4.69) is 15.5 Å². The first-order valence-electron chi connectivity index (χ1n) is 10.7. The Bertz CT molecular complexity index is 965. The van der Waals surface area contributed by atoms with Crippen LogP contribution in [-0.4, -0.2) is 44.0 Å². The van der Waals surface area contributed by atoms with Crippen LogP contribution in [0.5, 0.6) is 0 Å². The van der Waals surface area contributed by atoms with Gasteiger partial charge in [-0.3, -0.25) is 19.7 Å². The molecule has 2 fully saturated rings. The molecule has 4 rings (SSSR count). The zero-order valence-electron chi connectivity index (χ0n) is 17.6. The fourth-order valence-electron chi connectivity index (χ4n) is 4.29. The molecule has 162 valence electrons. The topological polar surface area (TPSA) is 87.7 Å². The number of piperidine rings is 1. The molecule has 0 aliphatic carbocycles. The summed E-state index contributed by atoms with van der Waals surface area (Å²) in [7, 11) is 0. The first-order chi connectivity index (χ1) is 15.0. The van der Waals surface area contributed by atoms with Crippen molar-refractivity contribution in [1.82, 2.24) is 5.32 Å². The lowest BCUT2D eigenvalue weighted by atomic mass is 9.72. The maximum atomic E-state index is 12.6. The van der Waals surface area contributed by atoms with Crippen molar-refractivity contribution in [3.05, 3.63) is 59.7 Å². The summed E-state index contributed by atoms with van der Waals surface area (Å²) in [6.45, 7) is 5.09. The Balaban J connectivity index is 1.43. The normalized spacial score (nSPS) is 21.5. The Morgan fingerprint density at radius 2 is 1.74 bits per heavy atom. The number of nitrogens with one attached hydrogen (secondary N) is 2. The highest BCUT2D eigenvalue weighted by Crippen LogP contribution is 2.36. The number of carbonyl (C=O) groups excluding carboxylic acids is 3. The van der Waals surface area contributed by atoms with E-state index in [0.29, 0.717) is 30.5 Å². The first kappa shape index (κ1) is 21.1. The van der Waals surface area contributed by atoms with Crippen molar-refractivity contribution in [2.24, 2.45) is 0 Å². The van der Waals surface area contributed by atoms with Crippen LogP contribution in [0.2, 0.25) is 0 Å². The van der Waals surface area contributed by atoms with Crippen molar-refractivity contribution < 1.29 is 19.1 Å². The molecule has 7 heteroatoms. The van der Waals surface area contributed by atoms with Gasteiger partial charge in [-0.15, -0.1) is 0 Å². The zero-order valence-corrected chi connectivity index (χ0v) is 17.6. The van der Waals surface area contributed by atoms with Crippen LogP contribution in [0.25, 0.3) is 0 Å². The van der Waals surface area contributed by atoms with Gasteiger partial charge in [0.15, 0.2) is 0 Å². The molecule has 2 heterocycles. The first-order valence-corrected chi connectivity index (χ1v) is 10.7. The molecule has 2 N–H and O–H groups in total. The lowest BCUT2D eigenvalue weighted by Gasteiger charge is -2.35. The monoisotopic (exact) mass is 421 g/mol. The van der Waals surface area contributed by atoms with E-state index in [1.165, 1.54) is 0 Å². The van der Waals surface area contributed by atoms with E-state index in [-0.39, 0.29) is 17.7 Å². The van der Waals surface area contributed by atoms with Gasteiger partial charge in [0, 0.05) is 36.4 Å². The van der Waals surface area contributed by atoms with E-state index < -0.39 is 5.41 Å². The van der Waals surface area contributed by atoms with Crippen molar-refractivity contribution in [2.45, 2.75) is 31.6 Å². The predicted octanol–water partition coefficient (Wildman–Crippen LogP) is 2.86. The van der Waals surface area contributed by atoms with Crippen molar-refractivity contribution in [1.29, 1.82) is 0 Å². The minimum Gasteiger partial charge on any atom is -0.378 e. The number of morpholine rings is 1. The fraction of sp³-hybridized carbons (Fsp3) is 0.375. The van der Waals surface area contributed by atoms with Gasteiger partial charge in [0.1, 0.15) is 0 Å². The van der Waals surface area contributed by atoms with Gasteiger partial charge in [-0.25, -0.2) is 0 Å². The van der Waals surface area contributed by atoms with Crippen LogP contribution in [0.15, 0.2) is 48.5 Å². The Morgan fingerprint density at radius 3 is 2.35 bits per heavy atom. The molecular weight excluding hydrogens is 394 g/mol. The highest BCUT2D eigenvalue weighted by Gasteiger charge is 2.42. The molecule has 1 atom stereocenters. The summed E-state index contributed by atoms with van der Waals surface area (Å²) in [4.78, 5) is 39.0. The molecule has 7 nitrogen and oxygen atoms in total. The smallest absolute Gasteiger partial charge is 0.255 e. The van der Waals surface area contributed by atoms with Gasteiger partial charge in [-0.2, -0.15) is 0 Å². The van der Waals surface area contributed by atoms with Crippen molar-refractivity contribution >= 4 is 29.1 Å². The lowest BCUT2D eigenvalue weighted by Crippen LogP contribution is -2.51. The molecule has 0 radical (unpaired) electrons. The molecular formula is C24H27N3O4. The van der Waals surface area contributed by atoms with Gasteiger partial charge in [-0.1, -0.05) is 19.1 Å². The number of benzene rings is 2. The van der Waals surface area contributed by atoms with Gasteiger partial charge >= 0.3 is 0 Å². The van der Waals surface area contributed by atoms with Gasteiger partial charge < -0.3 is 15.0 Å². The van der Waals surface area contributed by atoms with Crippen molar-refractivity contribution in [3.63, 3.8) is 0 Å². The van der Waals surface area contributed by atoms with Crippen LogP contribution in [-0.2, 0) is 19.7 Å². The summed E-state index contributed by atoms with van der Waals surface area (Å²) in [5.41, 5.74) is 2.47. The lowest BCUT2D eigenvalue weighted by molar-refractivity contribution is -0.138. The number of hydrogen-bond donors (Lipinski definition) is 2. The second kappa shape index (κ2) is 8.89. The third-order valence-corrected chi connectivity index (χ3v) is 6.27. The van der Waals surface area contributed by atoms with Gasteiger partial charge in [0.25, 0.3) is 5.91 Å². The molecule has 3 amide bonds. The maximum Gasteiger partial charge on any atom is 0.255 e. The highest BCUT2D eigenvalue weighted by atomic mass is 16.5. The average molecular weight is 421 g/mol. The van der Waals surface area contributed by atoms with E-state index in [4.69, 9.17) is 4.74 Å². The van der Waals surface area contributed by atoms with E-state index >= 15 is 0 Å². The second-order valence-corrected chi connectivity index (χ2v) is 7.99. The van der Waals surface area contributed by atoms with E-state index in [9.17, 15) is 14.4 Å². The molecule has 0 bridgehead atoms. The van der Waals surface area contributed by atoms with Crippen LogP contribution in [0.3, 0.4) is 0 Å². The molecule has 2 aliphatic heterocycles. The van der Waals surface area contributed by atoms with Crippen LogP contribution in [0, 0.1) is 0 Å². The standard InChI is InChI=1S/C24H27N3O4/c1-2-24(12-11-21(28)26-23(24)30)18-5-7-19(8-6-18)25-22(29)17-3-9-20(10-4-17)27-13-15-31-16-14-27/h3-10H,2,11-16H2,1H3,(H,25,29)(H,26,28,30). The summed E-state index contributed by atoms with van der Waals surface area (Å²) in [5, 5.41) is 5.37. The highest BCUT2D eigenvalue weighted by molar-refractivity contribution is 6.05. The molecule has 1 unspecified atom stereocenters. The van der Waals surface area contributed by atoms with E-state index in [0.717, 1.165) is 37.6 Å². The number of imide groups is 1. The van der Waals surface area contributed by atoms with Crippen LogP contribution in [0.4, 0.5) is 11.4 Å². The summed E-state index contributed by atoms with van der Waals surface area (Å²) >= 11 is 0. The van der Waals surface area contributed by atoms with Gasteiger partial charge in [0.05, 0.1) is 18.6 Å². The number of rotatable bonds is 5. The minimum absolute atomic E-state index is 0.188. The fourth-order valence-corrected chi connectivity index (χ4v) is 4.29. The molecule has 2 aliphatic rings. The molecule has 0 aromatic heterocycles. The number of ether oxygens (including phenoxy) is 1. The quantitative estimate of drug-likeness (QED) is 0.725. The summed E-state index contributed by atoms with van der Waals surface area (Å²) in [6.07, 6.45) is 1.43. The van der Waals surface area contributed by atoms with Crippen LogP contribution in [0.1, 0.15) is 42.1 Å². The third-order valence-electron chi connectivity index (χ3n) is 6.27. The third kappa shape index (κ3) is 4.32. The molecule has 2 saturated heterocycles. The summed E-state index contributed by atoms with van der Waals surface area (Å²) in [5.74, 6) is -0.659. The average Bonchev–Trinajstić information content (AvgIpc) is 2.81. The second-order valence-electron chi connectivity index (χ2n) is 7.99. The SMILES string of the molecule is CCC1(c2ccc(NC(=O)c3ccc(N4CCOCC4)cc3)cc2)CCC(=O)NC1=O. The Labute approximate surface area is 181 Å².